The molecule has 0 unspecified atom stereocenters. The molecule has 2 rings (SSSR count). The third-order valence-corrected chi connectivity index (χ3v) is 5.09. The highest BCUT2D eigenvalue weighted by Gasteiger charge is 2.41. The molecule has 0 amide bonds. The molecule has 0 saturated carbocycles. The Morgan fingerprint density at radius 3 is 2.03 bits per heavy atom. The number of ether oxygens (including phenoxy) is 2. The maximum absolute atomic E-state index is 12.2. The van der Waals surface area contributed by atoms with Crippen molar-refractivity contribution in [1.82, 2.24) is 0 Å². The molecule has 0 atom stereocenters. The molecule has 152 valence electrons. The SMILES string of the molecule is COC(=O)c1c([N+](=O)[O-])c(OC)c(C)c(Sc2ccccc2[N+](=O)[O-])c1[N+](=O)[O-]. The van der Waals surface area contributed by atoms with Crippen LogP contribution in [0.4, 0.5) is 17.1 Å². The summed E-state index contributed by atoms with van der Waals surface area (Å²) in [6, 6.07) is 5.46. The van der Waals surface area contributed by atoms with Crippen LogP contribution in [0.5, 0.6) is 5.75 Å². The lowest BCUT2D eigenvalue weighted by atomic mass is 10.1. The van der Waals surface area contributed by atoms with Crippen molar-refractivity contribution < 1.29 is 29.0 Å². The van der Waals surface area contributed by atoms with E-state index in [-0.39, 0.29) is 26.8 Å². The van der Waals surface area contributed by atoms with Crippen LogP contribution in [0.1, 0.15) is 15.9 Å². The first-order valence-electron chi connectivity index (χ1n) is 7.68. The Kier molecular flexibility index (Phi) is 6.33. The van der Waals surface area contributed by atoms with Crippen molar-refractivity contribution in [2.75, 3.05) is 14.2 Å². The summed E-state index contributed by atoms with van der Waals surface area (Å²) in [5.41, 5.74) is -3.09. The van der Waals surface area contributed by atoms with Crippen LogP contribution in [0.15, 0.2) is 34.1 Å². The monoisotopic (exact) mass is 423 g/mol. The van der Waals surface area contributed by atoms with Gasteiger partial charge in [0, 0.05) is 11.6 Å². The van der Waals surface area contributed by atoms with Crippen LogP contribution in [0, 0.1) is 37.3 Å². The number of rotatable bonds is 7. The fourth-order valence-corrected chi connectivity index (χ4v) is 3.75. The first-order valence-corrected chi connectivity index (χ1v) is 8.50. The van der Waals surface area contributed by atoms with Crippen LogP contribution in [-0.2, 0) is 4.74 Å². The summed E-state index contributed by atoms with van der Waals surface area (Å²) in [7, 11) is 2.01. The van der Waals surface area contributed by atoms with Crippen molar-refractivity contribution in [3.8, 4) is 5.75 Å². The lowest BCUT2D eigenvalue weighted by Crippen LogP contribution is -2.13. The van der Waals surface area contributed by atoms with Gasteiger partial charge in [-0.3, -0.25) is 30.3 Å². The molecule has 0 saturated heterocycles. The fraction of sp³-hybridized carbons (Fsp3) is 0.188. The summed E-state index contributed by atoms with van der Waals surface area (Å²) in [6.07, 6.45) is 0. The molecule has 0 radical (unpaired) electrons. The van der Waals surface area contributed by atoms with E-state index in [1.807, 2.05) is 0 Å². The lowest BCUT2D eigenvalue weighted by Gasteiger charge is -2.14. The number of carbonyl (C=O) groups excluding carboxylic acids is 1. The second-order valence-corrected chi connectivity index (χ2v) is 6.44. The van der Waals surface area contributed by atoms with Gasteiger partial charge in [0.1, 0.15) is 0 Å². The Balaban J connectivity index is 2.96. The summed E-state index contributed by atoms with van der Waals surface area (Å²) in [6.45, 7) is 1.32. The van der Waals surface area contributed by atoms with E-state index in [9.17, 15) is 35.1 Å². The first kappa shape index (κ1) is 21.6. The van der Waals surface area contributed by atoms with E-state index < -0.39 is 37.7 Å². The summed E-state index contributed by atoms with van der Waals surface area (Å²) >= 11 is 0.622. The van der Waals surface area contributed by atoms with Crippen LogP contribution in [0.2, 0.25) is 0 Å². The fourth-order valence-electron chi connectivity index (χ4n) is 2.62. The Labute approximate surface area is 166 Å². The highest BCUT2D eigenvalue weighted by Crippen LogP contribution is 2.50. The molecule has 12 nitrogen and oxygen atoms in total. The number of para-hydroxylation sites is 1. The number of hydrogen-bond acceptors (Lipinski definition) is 10. The minimum absolute atomic E-state index is 0.0262. The molecular weight excluding hydrogens is 410 g/mol. The van der Waals surface area contributed by atoms with Gasteiger partial charge in [0.25, 0.3) is 5.69 Å². The van der Waals surface area contributed by atoms with Gasteiger partial charge < -0.3 is 9.47 Å². The molecule has 0 aliphatic heterocycles. The number of hydrogen-bond donors (Lipinski definition) is 0. The average Bonchev–Trinajstić information content (AvgIpc) is 2.67. The molecule has 2 aromatic carbocycles. The van der Waals surface area contributed by atoms with Gasteiger partial charge in [-0.15, -0.1) is 0 Å². The van der Waals surface area contributed by atoms with Crippen LogP contribution in [0.25, 0.3) is 0 Å². The number of nitrogens with zero attached hydrogens (tertiary/aromatic N) is 3. The van der Waals surface area contributed by atoms with E-state index in [1.54, 1.807) is 0 Å². The topological polar surface area (TPSA) is 165 Å². The van der Waals surface area contributed by atoms with Gasteiger partial charge in [-0.05, 0) is 13.0 Å². The lowest BCUT2D eigenvalue weighted by molar-refractivity contribution is -0.397. The Bertz CT molecular complexity index is 1040. The van der Waals surface area contributed by atoms with Gasteiger partial charge in [0.2, 0.25) is 11.3 Å². The van der Waals surface area contributed by atoms with E-state index in [0.717, 1.165) is 14.2 Å². The van der Waals surface area contributed by atoms with Gasteiger partial charge >= 0.3 is 17.3 Å². The maximum Gasteiger partial charge on any atom is 0.352 e. The highest BCUT2D eigenvalue weighted by atomic mass is 32.2. The van der Waals surface area contributed by atoms with Gasteiger partial charge in [0.05, 0.1) is 38.8 Å². The molecule has 0 fully saturated rings. The van der Waals surface area contributed by atoms with Crippen LogP contribution in [0.3, 0.4) is 0 Å². The Hall–Kier alpha value is -3.74. The second kappa shape index (κ2) is 8.52. The number of methoxy groups -OCH3 is 2. The summed E-state index contributed by atoms with van der Waals surface area (Å²) in [5.74, 6) is -1.70. The predicted octanol–water partition coefficient (Wildman–Crippen LogP) is 3.67. The second-order valence-electron chi connectivity index (χ2n) is 5.39. The normalized spacial score (nSPS) is 10.3. The van der Waals surface area contributed by atoms with Crippen molar-refractivity contribution in [3.63, 3.8) is 0 Å². The smallest absolute Gasteiger partial charge is 0.352 e. The molecular formula is C16H13N3O9S. The zero-order valence-corrected chi connectivity index (χ0v) is 16.1. The molecule has 0 N–H and O–H groups in total. The first-order chi connectivity index (χ1) is 13.6. The van der Waals surface area contributed by atoms with E-state index in [0.29, 0.717) is 11.8 Å². The maximum atomic E-state index is 12.2. The van der Waals surface area contributed by atoms with Crippen LogP contribution < -0.4 is 4.74 Å². The number of benzene rings is 2. The van der Waals surface area contributed by atoms with Crippen molar-refractivity contribution in [1.29, 1.82) is 0 Å². The number of esters is 1. The summed E-state index contributed by atoms with van der Waals surface area (Å²) in [5, 5.41) is 34.6. The molecule has 0 aromatic heterocycles. The van der Waals surface area contributed by atoms with E-state index in [4.69, 9.17) is 4.74 Å². The van der Waals surface area contributed by atoms with Gasteiger partial charge in [0.15, 0.2) is 0 Å². The van der Waals surface area contributed by atoms with Gasteiger partial charge in [-0.25, -0.2) is 4.79 Å². The number of nitro groups is 3. The van der Waals surface area contributed by atoms with Crippen molar-refractivity contribution in [3.05, 3.63) is 65.7 Å². The highest BCUT2D eigenvalue weighted by molar-refractivity contribution is 7.99. The quantitative estimate of drug-likeness (QED) is 0.364. The largest absolute Gasteiger partial charge is 0.490 e. The Morgan fingerprint density at radius 1 is 0.966 bits per heavy atom. The zero-order chi connectivity index (χ0) is 21.9. The average molecular weight is 423 g/mol. The number of nitro benzene ring substituents is 3. The van der Waals surface area contributed by atoms with Gasteiger partial charge in [-0.2, -0.15) is 0 Å². The summed E-state index contributed by atoms with van der Waals surface area (Å²) < 4.78 is 9.55. The molecule has 13 heteroatoms. The molecule has 29 heavy (non-hydrogen) atoms. The molecule has 0 heterocycles. The molecule has 0 aliphatic carbocycles. The van der Waals surface area contributed by atoms with E-state index in [1.165, 1.54) is 31.2 Å². The van der Waals surface area contributed by atoms with Gasteiger partial charge in [-0.1, -0.05) is 23.9 Å². The molecule has 0 bridgehead atoms. The number of carbonyl (C=O) groups is 1. The van der Waals surface area contributed by atoms with E-state index >= 15 is 0 Å². The predicted molar refractivity (Wildman–Crippen MR) is 99.6 cm³/mol. The van der Waals surface area contributed by atoms with Crippen molar-refractivity contribution >= 4 is 34.8 Å². The summed E-state index contributed by atoms with van der Waals surface area (Å²) in [4.78, 5) is 44.0. The van der Waals surface area contributed by atoms with E-state index in [2.05, 4.69) is 4.74 Å². The molecule has 2 aromatic rings. The van der Waals surface area contributed by atoms with Crippen molar-refractivity contribution in [2.24, 2.45) is 0 Å². The molecule has 0 spiro atoms. The third kappa shape index (κ3) is 3.94. The van der Waals surface area contributed by atoms with Crippen LogP contribution in [-0.4, -0.2) is 35.0 Å². The minimum atomic E-state index is -1.31. The third-order valence-electron chi connectivity index (χ3n) is 3.82. The Morgan fingerprint density at radius 2 is 1.55 bits per heavy atom. The standard InChI is InChI=1S/C16H13N3O9S/c1-8-14(27-2)12(18(23)24)11(16(20)28-3)13(19(25)26)15(8)29-10-7-5-4-6-9(10)17(21)22/h4-7H,1-3H3. The van der Waals surface area contributed by atoms with Crippen molar-refractivity contribution in [2.45, 2.75) is 16.7 Å². The zero-order valence-electron chi connectivity index (χ0n) is 15.2. The van der Waals surface area contributed by atoms with Crippen LogP contribution >= 0.6 is 11.8 Å². The molecule has 0 aliphatic rings. The minimum Gasteiger partial charge on any atom is -0.490 e.